The van der Waals surface area contributed by atoms with Crippen LogP contribution in [0.5, 0.6) is 0 Å². The summed E-state index contributed by atoms with van der Waals surface area (Å²) in [6.45, 7) is 6.88. The predicted molar refractivity (Wildman–Crippen MR) is 340 cm³/mol. The van der Waals surface area contributed by atoms with Gasteiger partial charge in [0.15, 0.2) is 0 Å². The fourth-order valence-corrected chi connectivity index (χ4v) is 10.9. The van der Waals surface area contributed by atoms with E-state index in [2.05, 4.69) is 50.4 Å². The van der Waals surface area contributed by atoms with Gasteiger partial charge in [-0.15, -0.1) is 0 Å². The minimum Gasteiger partial charge on any atom is -0.756 e. The molecule has 0 saturated carbocycles. The van der Waals surface area contributed by atoms with Crippen LogP contribution in [0.1, 0.15) is 342 Å². The topological polar surface area (TPSA) is 114 Å². The molecule has 0 aliphatic rings. The summed E-state index contributed by atoms with van der Waals surface area (Å²) in [5.41, 5.74) is 0. The smallest absolute Gasteiger partial charge is 0.306 e. The van der Waals surface area contributed by atoms with E-state index in [0.717, 1.165) is 57.8 Å². The third-order valence-electron chi connectivity index (χ3n) is 15.5. The van der Waals surface area contributed by atoms with Gasteiger partial charge in [0.05, 0.1) is 33.8 Å². The maximum absolute atomic E-state index is 13.6. The van der Waals surface area contributed by atoms with Crippen molar-refractivity contribution in [2.75, 3.05) is 40.9 Å². The SMILES string of the molecule is CCCCCCCC/C=C/CCCCCCCCCCCCCCCC(=O)NC(COP(=O)([O-])OCC[N+](C)(C)C)C(/C=C\CCCCCCCCCCC)OC(=O)CCCCCCCCCCC/C=C/CCCCCCCC. The first kappa shape index (κ1) is 77.2. The Morgan fingerprint density at radius 3 is 1.08 bits per heavy atom. The summed E-state index contributed by atoms with van der Waals surface area (Å²) in [6, 6.07) is -0.886. The van der Waals surface area contributed by atoms with E-state index in [9.17, 15) is 19.0 Å². The third kappa shape index (κ3) is 60.6. The van der Waals surface area contributed by atoms with E-state index in [-0.39, 0.29) is 31.5 Å². The van der Waals surface area contributed by atoms with Gasteiger partial charge < -0.3 is 28.5 Å². The summed E-state index contributed by atoms with van der Waals surface area (Å²) in [4.78, 5) is 40.1. The maximum Gasteiger partial charge on any atom is 0.306 e. The Hall–Kier alpha value is -1.77. The standard InChI is InChI=1S/C69H133N2O7P/c1-7-10-13-16-19-22-25-27-29-31-33-34-35-36-38-39-41-43-46-49-52-55-58-61-68(72)70-66(65-77-79(74,75)76-64-63-71(4,5)6)67(60-57-54-51-48-45-24-21-18-15-12-9-3)78-69(73)62-59-56-53-50-47-44-42-40-37-32-30-28-26-23-20-17-14-11-8-2/h27-30,57,60,66-67H,7-26,31-56,58-59,61-65H2,1-6H3,(H-,70,72,74,75)/b29-27+,30-28+,60-57-. The number of rotatable bonds is 63. The van der Waals surface area contributed by atoms with E-state index in [0.29, 0.717) is 17.4 Å². The highest BCUT2D eigenvalue weighted by Crippen LogP contribution is 2.38. The number of hydrogen-bond donors (Lipinski definition) is 1. The average Bonchev–Trinajstić information content (AvgIpc) is 3.41. The molecule has 1 N–H and O–H groups in total. The number of phosphoric ester groups is 1. The van der Waals surface area contributed by atoms with Crippen molar-refractivity contribution in [3.05, 3.63) is 36.5 Å². The molecule has 466 valence electrons. The van der Waals surface area contributed by atoms with Crippen LogP contribution < -0.4 is 10.2 Å². The number of allylic oxidation sites excluding steroid dienone is 5. The Balaban J connectivity index is 5.05. The summed E-state index contributed by atoms with van der Waals surface area (Å²) in [6.07, 6.45) is 72.6. The van der Waals surface area contributed by atoms with E-state index >= 15 is 0 Å². The van der Waals surface area contributed by atoms with Crippen LogP contribution in [0.15, 0.2) is 36.5 Å². The van der Waals surface area contributed by atoms with Gasteiger partial charge in [0.1, 0.15) is 19.3 Å². The lowest BCUT2D eigenvalue weighted by molar-refractivity contribution is -0.870. The minimum atomic E-state index is -4.70. The average molecular weight is 1130 g/mol. The molecule has 0 rings (SSSR count). The summed E-state index contributed by atoms with van der Waals surface area (Å²) in [5.74, 6) is -0.528. The second kappa shape index (κ2) is 59.4. The first-order chi connectivity index (χ1) is 38.4. The largest absolute Gasteiger partial charge is 0.756 e. The van der Waals surface area contributed by atoms with E-state index in [1.807, 2.05) is 33.3 Å². The molecule has 10 heteroatoms. The van der Waals surface area contributed by atoms with Gasteiger partial charge in [0.25, 0.3) is 7.82 Å². The lowest BCUT2D eigenvalue weighted by atomic mass is 10.0. The summed E-state index contributed by atoms with van der Waals surface area (Å²) >= 11 is 0. The fourth-order valence-electron chi connectivity index (χ4n) is 10.2. The van der Waals surface area contributed by atoms with Crippen LogP contribution in [-0.4, -0.2) is 69.4 Å². The highest BCUT2D eigenvalue weighted by atomic mass is 31.2. The zero-order valence-corrected chi connectivity index (χ0v) is 54.2. The van der Waals surface area contributed by atoms with E-state index < -0.39 is 20.0 Å². The Morgan fingerprint density at radius 1 is 0.430 bits per heavy atom. The Kier molecular flexibility index (Phi) is 58.1. The highest BCUT2D eigenvalue weighted by molar-refractivity contribution is 7.45. The number of likely N-dealkylation sites (N-methyl/N-ethyl adjacent to an activating group) is 1. The molecular formula is C69H133N2O7P. The number of unbranched alkanes of at least 4 members (excludes halogenated alkanes) is 43. The molecule has 1 amide bonds. The molecule has 79 heavy (non-hydrogen) atoms. The van der Waals surface area contributed by atoms with Gasteiger partial charge in [-0.1, -0.05) is 282 Å². The quantitative estimate of drug-likeness (QED) is 0.0212. The van der Waals surface area contributed by atoms with E-state index in [1.165, 1.54) is 250 Å². The summed E-state index contributed by atoms with van der Waals surface area (Å²) in [7, 11) is 1.20. The molecular weight excluding hydrogens is 1000 g/mol. The molecule has 0 heterocycles. The van der Waals surface area contributed by atoms with Crippen molar-refractivity contribution in [2.45, 2.75) is 354 Å². The van der Waals surface area contributed by atoms with Crippen LogP contribution >= 0.6 is 7.82 Å². The number of ether oxygens (including phenoxy) is 1. The number of phosphoric acid groups is 1. The third-order valence-corrected chi connectivity index (χ3v) is 16.5. The molecule has 0 aliphatic carbocycles. The first-order valence-electron chi connectivity index (χ1n) is 34.3. The van der Waals surface area contributed by atoms with Crippen LogP contribution in [0.4, 0.5) is 0 Å². The number of nitrogens with one attached hydrogen (secondary N) is 1. The molecule has 3 atom stereocenters. The van der Waals surface area contributed by atoms with Crippen molar-refractivity contribution in [2.24, 2.45) is 0 Å². The van der Waals surface area contributed by atoms with Gasteiger partial charge in [0.2, 0.25) is 5.91 Å². The normalized spacial score (nSPS) is 13.8. The molecule has 0 radical (unpaired) electrons. The van der Waals surface area contributed by atoms with Gasteiger partial charge >= 0.3 is 5.97 Å². The number of esters is 1. The van der Waals surface area contributed by atoms with Crippen LogP contribution in [0, 0.1) is 0 Å². The van der Waals surface area contributed by atoms with Crippen molar-refractivity contribution < 1.29 is 37.3 Å². The Bertz CT molecular complexity index is 1450. The number of hydrogen-bond acceptors (Lipinski definition) is 7. The van der Waals surface area contributed by atoms with Crippen LogP contribution in [0.2, 0.25) is 0 Å². The van der Waals surface area contributed by atoms with Crippen molar-refractivity contribution in [3.63, 3.8) is 0 Å². The lowest BCUT2D eigenvalue weighted by Crippen LogP contribution is -2.47. The van der Waals surface area contributed by atoms with Gasteiger partial charge in [-0.3, -0.25) is 14.2 Å². The molecule has 0 aromatic carbocycles. The molecule has 0 aromatic heterocycles. The Morgan fingerprint density at radius 2 is 0.734 bits per heavy atom. The van der Waals surface area contributed by atoms with Gasteiger partial charge in [0, 0.05) is 12.8 Å². The second-order valence-electron chi connectivity index (χ2n) is 24.7. The number of carbonyl (C=O) groups excluding carboxylic acids is 2. The zero-order chi connectivity index (χ0) is 57.9. The van der Waals surface area contributed by atoms with Gasteiger partial charge in [-0.05, 0) is 83.1 Å². The van der Waals surface area contributed by atoms with Crippen LogP contribution in [0.3, 0.4) is 0 Å². The number of amides is 1. The molecule has 0 fully saturated rings. The number of carbonyl (C=O) groups is 2. The number of nitrogens with zero attached hydrogens (tertiary/aromatic N) is 1. The van der Waals surface area contributed by atoms with Gasteiger partial charge in [-0.2, -0.15) is 0 Å². The molecule has 0 saturated heterocycles. The Labute approximate surface area is 491 Å². The highest BCUT2D eigenvalue weighted by Gasteiger charge is 2.27. The molecule has 9 nitrogen and oxygen atoms in total. The van der Waals surface area contributed by atoms with Crippen molar-refractivity contribution in [1.82, 2.24) is 5.32 Å². The maximum atomic E-state index is 13.6. The van der Waals surface area contributed by atoms with Crippen molar-refractivity contribution in [3.8, 4) is 0 Å². The van der Waals surface area contributed by atoms with Crippen LogP contribution in [0.25, 0.3) is 0 Å². The molecule has 0 bridgehead atoms. The second-order valence-corrected chi connectivity index (χ2v) is 26.1. The molecule has 0 aliphatic heterocycles. The first-order valence-corrected chi connectivity index (χ1v) is 35.8. The molecule has 0 spiro atoms. The molecule has 0 aromatic rings. The van der Waals surface area contributed by atoms with Gasteiger partial charge in [-0.25, -0.2) is 0 Å². The zero-order valence-electron chi connectivity index (χ0n) is 53.3. The van der Waals surface area contributed by atoms with Crippen LogP contribution in [-0.2, 0) is 27.9 Å². The lowest BCUT2D eigenvalue weighted by Gasteiger charge is -2.30. The molecule has 3 unspecified atom stereocenters. The summed E-state index contributed by atoms with van der Waals surface area (Å²) in [5, 5.41) is 3.04. The van der Waals surface area contributed by atoms with E-state index in [4.69, 9.17) is 13.8 Å². The fraction of sp³-hybridized carbons (Fsp3) is 0.884. The van der Waals surface area contributed by atoms with Crippen molar-refractivity contribution in [1.29, 1.82) is 0 Å². The van der Waals surface area contributed by atoms with Crippen molar-refractivity contribution >= 4 is 19.7 Å². The van der Waals surface area contributed by atoms with E-state index in [1.54, 1.807) is 0 Å². The monoisotopic (exact) mass is 1130 g/mol. The minimum absolute atomic E-state index is 0.0204. The summed E-state index contributed by atoms with van der Waals surface area (Å²) < 4.78 is 30.4. The number of quaternary nitrogens is 1. The predicted octanol–water partition coefficient (Wildman–Crippen LogP) is 20.8.